The second-order valence-electron chi connectivity index (χ2n) is 6.64. The molecule has 0 aliphatic carbocycles. The third-order valence-electron chi connectivity index (χ3n) is 4.15. The molecular weight excluding hydrogens is 459 g/mol. The molecule has 4 nitrogen and oxygen atoms in total. The van der Waals surface area contributed by atoms with Gasteiger partial charge in [0.05, 0.1) is 10.0 Å². The molecule has 0 saturated carbocycles. The minimum absolute atomic E-state index is 0.0419. The second-order valence-corrected chi connectivity index (χ2v) is 7.93. The first-order valence-corrected chi connectivity index (χ1v) is 9.38. The average molecular weight is 475 g/mol. The number of alkyl halides is 3. The van der Waals surface area contributed by atoms with Crippen LogP contribution in [0.5, 0.6) is 5.75 Å². The Bertz CT molecular complexity index is 1020. The summed E-state index contributed by atoms with van der Waals surface area (Å²) in [5.41, 5.74) is -1.78. The van der Waals surface area contributed by atoms with Crippen LogP contribution in [-0.4, -0.2) is 14.8 Å². The van der Waals surface area contributed by atoms with Gasteiger partial charge in [0.25, 0.3) is 0 Å². The molecule has 0 atom stereocenters. The van der Waals surface area contributed by atoms with Gasteiger partial charge in [-0.2, -0.15) is 13.2 Å². The Morgan fingerprint density at radius 1 is 1.07 bits per heavy atom. The Hall–Kier alpha value is -2.06. The van der Waals surface area contributed by atoms with Crippen molar-refractivity contribution >= 4 is 27.5 Å². The van der Waals surface area contributed by atoms with E-state index < -0.39 is 17.3 Å². The van der Waals surface area contributed by atoms with Crippen molar-refractivity contribution in [3.63, 3.8) is 0 Å². The quantitative estimate of drug-likeness (QED) is 0.450. The zero-order valence-corrected chi connectivity index (χ0v) is 17.5. The lowest BCUT2D eigenvalue weighted by Crippen LogP contribution is -2.29. The monoisotopic (exact) mass is 473 g/mol. The standard InChI is InChI=1S/C19H16BrClF3N3O/c1-18(2,28-15-9-8-11(21)10-14(15)20)17-26-25-16(27(17)3)12-6-4-5-7-13(12)19(22,23)24/h4-10H,1-3H3. The molecule has 3 rings (SSSR count). The van der Waals surface area contributed by atoms with Crippen molar-refractivity contribution in [3.05, 3.63) is 63.3 Å². The van der Waals surface area contributed by atoms with E-state index in [1.165, 1.54) is 22.8 Å². The summed E-state index contributed by atoms with van der Waals surface area (Å²) in [6.45, 7) is 3.52. The van der Waals surface area contributed by atoms with Gasteiger partial charge in [0.1, 0.15) is 5.75 Å². The maximum absolute atomic E-state index is 13.4. The molecule has 0 spiro atoms. The van der Waals surface area contributed by atoms with Crippen molar-refractivity contribution < 1.29 is 17.9 Å². The summed E-state index contributed by atoms with van der Waals surface area (Å²) >= 11 is 9.34. The van der Waals surface area contributed by atoms with Gasteiger partial charge in [-0.25, -0.2) is 0 Å². The maximum atomic E-state index is 13.4. The van der Waals surface area contributed by atoms with Gasteiger partial charge < -0.3 is 9.30 Å². The largest absolute Gasteiger partial charge is 0.479 e. The van der Waals surface area contributed by atoms with E-state index in [4.69, 9.17) is 16.3 Å². The summed E-state index contributed by atoms with van der Waals surface area (Å²) in [5, 5.41) is 8.66. The van der Waals surface area contributed by atoms with Crippen molar-refractivity contribution in [3.8, 4) is 17.1 Å². The third kappa shape index (κ3) is 4.03. The fourth-order valence-corrected chi connectivity index (χ4v) is 3.66. The molecule has 1 heterocycles. The van der Waals surface area contributed by atoms with Crippen LogP contribution in [0, 0.1) is 0 Å². The molecule has 0 N–H and O–H groups in total. The minimum Gasteiger partial charge on any atom is -0.479 e. The minimum atomic E-state index is -4.50. The summed E-state index contributed by atoms with van der Waals surface area (Å²) in [7, 11) is 1.61. The van der Waals surface area contributed by atoms with E-state index in [0.717, 1.165) is 6.07 Å². The topological polar surface area (TPSA) is 39.9 Å². The van der Waals surface area contributed by atoms with Gasteiger partial charge in [0.2, 0.25) is 0 Å². The average Bonchev–Trinajstić information content (AvgIpc) is 2.99. The predicted molar refractivity (Wildman–Crippen MR) is 104 cm³/mol. The van der Waals surface area contributed by atoms with Crippen LogP contribution >= 0.6 is 27.5 Å². The first-order chi connectivity index (χ1) is 13.0. The van der Waals surface area contributed by atoms with Gasteiger partial charge in [-0.1, -0.05) is 29.8 Å². The number of benzene rings is 2. The molecule has 1 aromatic heterocycles. The zero-order chi connectivity index (χ0) is 20.7. The predicted octanol–water partition coefficient (Wildman–Crippen LogP) is 6.23. The fraction of sp³-hybridized carbons (Fsp3) is 0.263. The lowest BCUT2D eigenvalue weighted by molar-refractivity contribution is -0.137. The second kappa shape index (κ2) is 7.40. The van der Waals surface area contributed by atoms with Gasteiger partial charge in [-0.3, -0.25) is 0 Å². The van der Waals surface area contributed by atoms with Crippen molar-refractivity contribution in [2.75, 3.05) is 0 Å². The summed E-state index contributed by atoms with van der Waals surface area (Å²) in [5.74, 6) is 1.01. The molecule has 28 heavy (non-hydrogen) atoms. The molecule has 0 bridgehead atoms. The van der Waals surface area contributed by atoms with Gasteiger partial charge in [-0.05, 0) is 54.0 Å². The molecule has 0 fully saturated rings. The summed E-state index contributed by atoms with van der Waals surface area (Å²) in [6, 6.07) is 10.3. The number of ether oxygens (including phenoxy) is 1. The van der Waals surface area contributed by atoms with E-state index in [0.29, 0.717) is 21.1 Å². The number of aromatic nitrogens is 3. The third-order valence-corrected chi connectivity index (χ3v) is 5.00. The van der Waals surface area contributed by atoms with Crippen molar-refractivity contribution in [2.45, 2.75) is 25.6 Å². The Morgan fingerprint density at radius 2 is 1.75 bits per heavy atom. The SMILES string of the molecule is Cn1c(-c2ccccc2C(F)(F)F)nnc1C(C)(C)Oc1ccc(Cl)cc1Br. The van der Waals surface area contributed by atoms with E-state index in [2.05, 4.69) is 26.1 Å². The summed E-state index contributed by atoms with van der Waals surface area (Å²) in [4.78, 5) is 0. The van der Waals surface area contributed by atoms with Crippen LogP contribution in [0.1, 0.15) is 25.2 Å². The summed E-state index contributed by atoms with van der Waals surface area (Å²) < 4.78 is 48.3. The Kier molecular flexibility index (Phi) is 5.46. The van der Waals surface area contributed by atoms with E-state index >= 15 is 0 Å². The Balaban J connectivity index is 2.01. The fourth-order valence-electron chi connectivity index (χ4n) is 2.89. The highest BCUT2D eigenvalue weighted by Crippen LogP contribution is 2.38. The number of hydrogen-bond acceptors (Lipinski definition) is 3. The van der Waals surface area contributed by atoms with Crippen LogP contribution in [-0.2, 0) is 18.8 Å². The van der Waals surface area contributed by atoms with Gasteiger partial charge in [0.15, 0.2) is 17.2 Å². The molecule has 0 radical (unpaired) electrons. The molecular formula is C19H16BrClF3N3O. The molecule has 3 aromatic rings. The Morgan fingerprint density at radius 3 is 2.39 bits per heavy atom. The molecule has 0 aliphatic rings. The lowest BCUT2D eigenvalue weighted by Gasteiger charge is -2.26. The van der Waals surface area contributed by atoms with Crippen LogP contribution in [0.3, 0.4) is 0 Å². The van der Waals surface area contributed by atoms with Gasteiger partial charge in [-0.15, -0.1) is 10.2 Å². The van der Waals surface area contributed by atoms with Crippen molar-refractivity contribution in [1.29, 1.82) is 0 Å². The first-order valence-electron chi connectivity index (χ1n) is 8.21. The highest BCUT2D eigenvalue weighted by atomic mass is 79.9. The molecule has 0 saturated heterocycles. The molecule has 2 aromatic carbocycles. The smallest absolute Gasteiger partial charge is 0.417 e. The lowest BCUT2D eigenvalue weighted by atomic mass is 10.1. The normalized spacial score (nSPS) is 12.3. The van der Waals surface area contributed by atoms with E-state index in [1.807, 2.05) is 0 Å². The van der Waals surface area contributed by atoms with Crippen LogP contribution in [0.2, 0.25) is 5.02 Å². The van der Waals surface area contributed by atoms with E-state index in [1.54, 1.807) is 39.1 Å². The number of nitrogens with zero attached hydrogens (tertiary/aromatic N) is 3. The van der Waals surface area contributed by atoms with E-state index in [-0.39, 0.29) is 11.4 Å². The number of halogens is 5. The van der Waals surface area contributed by atoms with Crippen molar-refractivity contribution in [1.82, 2.24) is 14.8 Å². The van der Waals surface area contributed by atoms with Gasteiger partial charge >= 0.3 is 6.18 Å². The first kappa shape index (κ1) is 20.7. The highest BCUT2D eigenvalue weighted by molar-refractivity contribution is 9.10. The van der Waals surface area contributed by atoms with Crippen LogP contribution in [0.15, 0.2) is 46.9 Å². The van der Waals surface area contributed by atoms with E-state index in [9.17, 15) is 13.2 Å². The number of rotatable bonds is 4. The molecule has 9 heteroatoms. The van der Waals surface area contributed by atoms with Crippen LogP contribution in [0.4, 0.5) is 13.2 Å². The van der Waals surface area contributed by atoms with Crippen LogP contribution < -0.4 is 4.74 Å². The van der Waals surface area contributed by atoms with Crippen molar-refractivity contribution in [2.24, 2.45) is 7.05 Å². The maximum Gasteiger partial charge on any atom is 0.417 e. The van der Waals surface area contributed by atoms with Crippen LogP contribution in [0.25, 0.3) is 11.4 Å². The highest BCUT2D eigenvalue weighted by Gasteiger charge is 2.36. The molecule has 0 aliphatic heterocycles. The summed E-state index contributed by atoms with van der Waals surface area (Å²) in [6.07, 6.45) is -4.50. The molecule has 0 unspecified atom stereocenters. The zero-order valence-electron chi connectivity index (χ0n) is 15.2. The molecule has 0 amide bonds. The Labute approximate surface area is 173 Å². The molecule has 148 valence electrons. The van der Waals surface area contributed by atoms with Gasteiger partial charge in [0, 0.05) is 17.6 Å². The number of hydrogen-bond donors (Lipinski definition) is 0.